The van der Waals surface area contributed by atoms with Crippen LogP contribution in [0.25, 0.3) is 16.6 Å². The van der Waals surface area contributed by atoms with Crippen LogP contribution in [0, 0.1) is 0 Å². The fourth-order valence-electron chi connectivity index (χ4n) is 3.00. The van der Waals surface area contributed by atoms with Crippen LogP contribution in [0.3, 0.4) is 0 Å². The van der Waals surface area contributed by atoms with Crippen molar-refractivity contribution in [2.24, 2.45) is 0 Å². The van der Waals surface area contributed by atoms with E-state index in [0.29, 0.717) is 0 Å². The minimum absolute atomic E-state index is 0. The Balaban J connectivity index is 0.00000196. The molecule has 4 rings (SSSR count). The SMILES string of the molecule is Cl.c1cnc2c(CNCCc3ccc(-n4cccn4)cc3)cccc2c1. The highest BCUT2D eigenvalue weighted by molar-refractivity contribution is 5.85. The molecule has 2 aromatic heterocycles. The third kappa shape index (κ3) is 4.10. The Morgan fingerprint density at radius 1 is 0.885 bits per heavy atom. The van der Waals surface area contributed by atoms with Gasteiger partial charge in [-0.1, -0.05) is 36.4 Å². The molecule has 0 aliphatic carbocycles. The van der Waals surface area contributed by atoms with Crippen LogP contribution >= 0.6 is 12.4 Å². The van der Waals surface area contributed by atoms with Gasteiger partial charge < -0.3 is 5.32 Å². The standard InChI is InChI=1S/C21H20N4.ClH/c1-4-18-6-2-12-23-21(18)19(5-1)16-22-14-11-17-7-9-20(10-8-17)25-15-3-13-24-25;/h1-10,12-13,15,22H,11,14,16H2;1H. The maximum absolute atomic E-state index is 4.50. The van der Waals surface area contributed by atoms with Crippen LogP contribution in [0.5, 0.6) is 0 Å². The molecule has 2 aromatic carbocycles. The molecule has 0 unspecified atom stereocenters. The molecule has 0 aliphatic rings. The molecule has 0 radical (unpaired) electrons. The van der Waals surface area contributed by atoms with E-state index < -0.39 is 0 Å². The molecule has 26 heavy (non-hydrogen) atoms. The Labute approximate surface area is 159 Å². The predicted molar refractivity (Wildman–Crippen MR) is 108 cm³/mol. The van der Waals surface area contributed by atoms with Gasteiger partial charge >= 0.3 is 0 Å². The lowest BCUT2D eigenvalue weighted by Crippen LogP contribution is -2.17. The topological polar surface area (TPSA) is 42.7 Å². The zero-order chi connectivity index (χ0) is 16.9. The van der Waals surface area contributed by atoms with Gasteiger partial charge in [0, 0.05) is 30.5 Å². The van der Waals surface area contributed by atoms with E-state index in [0.717, 1.165) is 30.7 Å². The first kappa shape index (κ1) is 18.1. The van der Waals surface area contributed by atoms with Crippen LogP contribution in [0.2, 0.25) is 0 Å². The van der Waals surface area contributed by atoms with Crippen LogP contribution < -0.4 is 5.32 Å². The van der Waals surface area contributed by atoms with Gasteiger partial charge in [0.1, 0.15) is 0 Å². The molecule has 0 atom stereocenters. The van der Waals surface area contributed by atoms with E-state index >= 15 is 0 Å². The average molecular weight is 365 g/mol. The van der Waals surface area contributed by atoms with E-state index in [-0.39, 0.29) is 12.4 Å². The molecule has 4 nitrogen and oxygen atoms in total. The number of nitrogens with one attached hydrogen (secondary N) is 1. The number of pyridine rings is 1. The van der Waals surface area contributed by atoms with Gasteiger partial charge in [-0.25, -0.2) is 4.68 Å². The van der Waals surface area contributed by atoms with E-state index in [1.54, 1.807) is 6.20 Å². The molecular weight excluding hydrogens is 344 g/mol. The number of nitrogens with zero attached hydrogens (tertiary/aromatic N) is 3. The van der Waals surface area contributed by atoms with Crippen molar-refractivity contribution in [2.75, 3.05) is 6.54 Å². The highest BCUT2D eigenvalue weighted by Crippen LogP contribution is 2.15. The molecule has 0 aliphatic heterocycles. The van der Waals surface area contributed by atoms with E-state index in [2.05, 4.69) is 63.9 Å². The van der Waals surface area contributed by atoms with Crippen molar-refractivity contribution in [1.82, 2.24) is 20.1 Å². The van der Waals surface area contributed by atoms with Crippen LogP contribution in [-0.4, -0.2) is 21.3 Å². The Morgan fingerprint density at radius 2 is 1.73 bits per heavy atom. The van der Waals surface area contributed by atoms with Gasteiger partial charge in [-0.3, -0.25) is 4.98 Å². The van der Waals surface area contributed by atoms with Crippen molar-refractivity contribution in [1.29, 1.82) is 0 Å². The van der Waals surface area contributed by atoms with Crippen LogP contribution in [-0.2, 0) is 13.0 Å². The summed E-state index contributed by atoms with van der Waals surface area (Å²) < 4.78 is 1.87. The number of para-hydroxylation sites is 1. The molecule has 4 aromatic rings. The molecule has 0 spiro atoms. The number of benzene rings is 2. The molecule has 2 heterocycles. The van der Waals surface area contributed by atoms with Gasteiger partial charge in [-0.05, 0) is 48.4 Å². The zero-order valence-corrected chi connectivity index (χ0v) is 15.2. The number of aromatic nitrogens is 3. The van der Waals surface area contributed by atoms with E-state index in [1.807, 2.05) is 29.2 Å². The van der Waals surface area contributed by atoms with E-state index in [1.165, 1.54) is 16.5 Å². The Hall–Kier alpha value is -2.69. The molecule has 132 valence electrons. The second-order valence-electron chi connectivity index (χ2n) is 6.04. The lowest BCUT2D eigenvalue weighted by atomic mass is 10.1. The molecule has 0 saturated heterocycles. The zero-order valence-electron chi connectivity index (χ0n) is 14.4. The molecule has 0 bridgehead atoms. The first-order valence-electron chi connectivity index (χ1n) is 8.52. The van der Waals surface area contributed by atoms with Gasteiger partial charge in [0.05, 0.1) is 11.2 Å². The minimum Gasteiger partial charge on any atom is -0.312 e. The third-order valence-corrected chi connectivity index (χ3v) is 4.33. The quantitative estimate of drug-likeness (QED) is 0.522. The largest absolute Gasteiger partial charge is 0.312 e. The lowest BCUT2D eigenvalue weighted by molar-refractivity contribution is 0.689. The first-order valence-corrected chi connectivity index (χ1v) is 8.52. The van der Waals surface area contributed by atoms with E-state index in [9.17, 15) is 0 Å². The van der Waals surface area contributed by atoms with Gasteiger partial charge in [0.15, 0.2) is 0 Å². The Morgan fingerprint density at radius 3 is 2.54 bits per heavy atom. The molecule has 5 heteroatoms. The van der Waals surface area contributed by atoms with Crippen molar-refractivity contribution >= 4 is 23.3 Å². The van der Waals surface area contributed by atoms with Crippen molar-refractivity contribution < 1.29 is 0 Å². The summed E-state index contributed by atoms with van der Waals surface area (Å²) in [6.07, 6.45) is 6.60. The number of hydrogen-bond donors (Lipinski definition) is 1. The summed E-state index contributed by atoms with van der Waals surface area (Å²) in [5.74, 6) is 0. The smallest absolute Gasteiger partial charge is 0.0746 e. The molecule has 0 amide bonds. The maximum atomic E-state index is 4.50. The monoisotopic (exact) mass is 364 g/mol. The summed E-state index contributed by atoms with van der Waals surface area (Å²) in [6.45, 7) is 1.77. The first-order chi connectivity index (χ1) is 12.4. The molecule has 1 N–H and O–H groups in total. The number of halogens is 1. The van der Waals surface area contributed by atoms with E-state index in [4.69, 9.17) is 0 Å². The van der Waals surface area contributed by atoms with Crippen LogP contribution in [0.4, 0.5) is 0 Å². The predicted octanol–water partition coefficient (Wildman–Crippen LogP) is 4.17. The summed E-state index contributed by atoms with van der Waals surface area (Å²) in [4.78, 5) is 4.50. The lowest BCUT2D eigenvalue weighted by Gasteiger charge is -2.08. The van der Waals surface area contributed by atoms with Gasteiger partial charge in [0.2, 0.25) is 0 Å². The molecule has 0 saturated carbocycles. The summed E-state index contributed by atoms with van der Waals surface area (Å²) in [7, 11) is 0. The van der Waals surface area contributed by atoms with Crippen molar-refractivity contribution in [3.63, 3.8) is 0 Å². The van der Waals surface area contributed by atoms with Gasteiger partial charge in [-0.15, -0.1) is 12.4 Å². The van der Waals surface area contributed by atoms with Crippen molar-refractivity contribution in [3.05, 3.63) is 90.4 Å². The Kier molecular flexibility index (Phi) is 6.00. The van der Waals surface area contributed by atoms with Crippen molar-refractivity contribution in [3.8, 4) is 5.69 Å². The highest BCUT2D eigenvalue weighted by Gasteiger charge is 2.02. The van der Waals surface area contributed by atoms with Crippen LogP contribution in [0.1, 0.15) is 11.1 Å². The summed E-state index contributed by atoms with van der Waals surface area (Å²) >= 11 is 0. The normalized spacial score (nSPS) is 10.6. The van der Waals surface area contributed by atoms with Crippen molar-refractivity contribution in [2.45, 2.75) is 13.0 Å². The molecule has 0 fully saturated rings. The average Bonchev–Trinajstić information content (AvgIpc) is 3.21. The number of rotatable bonds is 6. The number of hydrogen-bond acceptors (Lipinski definition) is 3. The van der Waals surface area contributed by atoms with Gasteiger partial charge in [-0.2, -0.15) is 5.10 Å². The highest BCUT2D eigenvalue weighted by atomic mass is 35.5. The van der Waals surface area contributed by atoms with Gasteiger partial charge in [0.25, 0.3) is 0 Å². The fraction of sp³-hybridized carbons (Fsp3) is 0.143. The second-order valence-corrected chi connectivity index (χ2v) is 6.04. The second kappa shape index (κ2) is 8.61. The maximum Gasteiger partial charge on any atom is 0.0746 e. The molecular formula is C21H21ClN4. The summed E-state index contributed by atoms with van der Waals surface area (Å²) in [5, 5.41) is 8.97. The Bertz CT molecular complexity index is 944. The minimum atomic E-state index is 0. The summed E-state index contributed by atoms with van der Waals surface area (Å²) in [6, 6.07) is 20.9. The van der Waals surface area contributed by atoms with Crippen LogP contribution in [0.15, 0.2) is 79.3 Å². The number of fused-ring (bicyclic) bond motifs is 1. The summed E-state index contributed by atoms with van der Waals surface area (Å²) in [5.41, 5.74) is 4.73. The fourth-order valence-corrected chi connectivity index (χ4v) is 3.00. The third-order valence-electron chi connectivity index (χ3n) is 4.33.